The van der Waals surface area contributed by atoms with Gasteiger partial charge in [0.05, 0.1) is 11.1 Å². The Balaban J connectivity index is 1.69. The average molecular weight is 455 g/mol. The molecule has 0 bridgehead atoms. The van der Waals surface area contributed by atoms with Crippen LogP contribution < -0.4 is 27.0 Å². The molecule has 2 heterocycles. The molecule has 1 aliphatic carbocycles. The molecule has 1 aliphatic rings. The van der Waals surface area contributed by atoms with Gasteiger partial charge in [0.15, 0.2) is 11.6 Å². The zero-order valence-corrected chi connectivity index (χ0v) is 19.4. The molecule has 3 aromatic rings. The molecular formula is C23H31FN8O. The van der Waals surface area contributed by atoms with Gasteiger partial charge in [-0.15, -0.1) is 0 Å². The zero-order chi connectivity index (χ0) is 23.9. The second-order valence-corrected chi connectivity index (χ2v) is 9.07. The van der Waals surface area contributed by atoms with E-state index in [-0.39, 0.29) is 29.3 Å². The van der Waals surface area contributed by atoms with Gasteiger partial charge in [-0.3, -0.25) is 9.48 Å². The Morgan fingerprint density at radius 2 is 2.03 bits per heavy atom. The first kappa shape index (κ1) is 22.8. The lowest BCUT2D eigenvalue weighted by Crippen LogP contribution is -2.39. The number of amides is 1. The Hall–Kier alpha value is -3.40. The normalized spacial score (nSPS) is 15.3. The summed E-state index contributed by atoms with van der Waals surface area (Å²) in [6.07, 6.45) is 3.18. The van der Waals surface area contributed by atoms with Crippen molar-refractivity contribution in [1.29, 1.82) is 0 Å². The first-order valence-electron chi connectivity index (χ1n) is 11.1. The van der Waals surface area contributed by atoms with Crippen LogP contribution in [0.3, 0.4) is 0 Å². The number of nitrogens with two attached hydrogens (primary N) is 2. The minimum absolute atomic E-state index is 0.0308. The molecule has 33 heavy (non-hydrogen) atoms. The Morgan fingerprint density at radius 1 is 1.30 bits per heavy atom. The van der Waals surface area contributed by atoms with Crippen molar-refractivity contribution in [2.45, 2.75) is 38.3 Å². The zero-order valence-electron chi connectivity index (χ0n) is 19.4. The minimum Gasteiger partial charge on any atom is -0.365 e. The number of aromatic nitrogens is 3. The third-order valence-corrected chi connectivity index (χ3v) is 5.97. The van der Waals surface area contributed by atoms with Crippen LogP contribution in [0.2, 0.25) is 0 Å². The van der Waals surface area contributed by atoms with Crippen LogP contribution in [0.4, 0.5) is 27.5 Å². The van der Waals surface area contributed by atoms with Crippen molar-refractivity contribution >= 4 is 40.0 Å². The number of carbonyl (C=O) groups is 1. The number of aryl methyl sites for hydroxylation is 1. The first-order valence-corrected chi connectivity index (χ1v) is 11.1. The summed E-state index contributed by atoms with van der Waals surface area (Å²) in [4.78, 5) is 18.4. The van der Waals surface area contributed by atoms with Crippen LogP contribution in [0.15, 0.2) is 24.3 Å². The maximum absolute atomic E-state index is 14.8. The number of carbonyl (C=O) groups excluding carboxylic acids is 1. The number of rotatable bonds is 9. The predicted molar refractivity (Wildman–Crippen MR) is 129 cm³/mol. The Labute approximate surface area is 192 Å². The second-order valence-electron chi connectivity index (χ2n) is 9.07. The number of anilines is 4. The van der Waals surface area contributed by atoms with E-state index in [1.807, 2.05) is 51.2 Å². The summed E-state index contributed by atoms with van der Waals surface area (Å²) < 4.78 is 16.6. The van der Waals surface area contributed by atoms with Crippen molar-refractivity contribution in [2.24, 2.45) is 24.4 Å². The van der Waals surface area contributed by atoms with Crippen LogP contribution in [-0.4, -0.2) is 46.9 Å². The van der Waals surface area contributed by atoms with Crippen LogP contribution in [-0.2, 0) is 7.05 Å². The predicted octanol–water partition coefficient (Wildman–Crippen LogP) is 2.94. The summed E-state index contributed by atoms with van der Waals surface area (Å²) in [5.74, 6) is 0.342. The van der Waals surface area contributed by atoms with E-state index in [0.717, 1.165) is 29.2 Å². The van der Waals surface area contributed by atoms with E-state index in [0.29, 0.717) is 11.6 Å². The fourth-order valence-electron chi connectivity index (χ4n) is 4.10. The number of halogens is 1. The van der Waals surface area contributed by atoms with Gasteiger partial charge in [-0.1, -0.05) is 12.8 Å². The number of benzene rings is 1. The Morgan fingerprint density at radius 3 is 2.64 bits per heavy atom. The van der Waals surface area contributed by atoms with Gasteiger partial charge in [0.25, 0.3) is 5.91 Å². The lowest BCUT2D eigenvalue weighted by Gasteiger charge is -2.24. The summed E-state index contributed by atoms with van der Waals surface area (Å²) in [6, 6.07) is 6.42. The molecule has 4 rings (SSSR count). The molecule has 1 amide bonds. The molecule has 0 saturated heterocycles. The van der Waals surface area contributed by atoms with E-state index in [2.05, 4.69) is 20.7 Å². The molecular weight excluding hydrogens is 423 g/mol. The lowest BCUT2D eigenvalue weighted by atomic mass is 10.0. The van der Waals surface area contributed by atoms with Crippen molar-refractivity contribution in [3.63, 3.8) is 0 Å². The van der Waals surface area contributed by atoms with Crippen molar-refractivity contribution < 1.29 is 9.18 Å². The van der Waals surface area contributed by atoms with Gasteiger partial charge in [-0.2, -0.15) is 5.10 Å². The second kappa shape index (κ2) is 8.86. The van der Waals surface area contributed by atoms with Gasteiger partial charge in [0.2, 0.25) is 0 Å². The molecule has 10 heteroatoms. The number of primary amides is 1. The monoisotopic (exact) mass is 454 g/mol. The lowest BCUT2D eigenvalue weighted by molar-refractivity contribution is 0.100. The highest BCUT2D eigenvalue weighted by Gasteiger charge is 2.28. The largest absolute Gasteiger partial charge is 0.365 e. The van der Waals surface area contributed by atoms with E-state index in [9.17, 15) is 9.18 Å². The molecule has 2 aromatic heterocycles. The topological polar surface area (TPSA) is 127 Å². The molecule has 0 radical (unpaired) electrons. The highest BCUT2D eigenvalue weighted by atomic mass is 19.1. The summed E-state index contributed by atoms with van der Waals surface area (Å²) in [5.41, 5.74) is 13.1. The molecule has 1 fully saturated rings. The van der Waals surface area contributed by atoms with Crippen molar-refractivity contribution in [1.82, 2.24) is 14.8 Å². The van der Waals surface area contributed by atoms with Crippen LogP contribution in [0, 0.1) is 11.7 Å². The molecule has 0 unspecified atom stereocenters. The van der Waals surface area contributed by atoms with Crippen LogP contribution in [0.1, 0.15) is 36.5 Å². The molecule has 6 N–H and O–H groups in total. The number of fused-ring (bicyclic) bond motifs is 1. The molecule has 0 spiro atoms. The summed E-state index contributed by atoms with van der Waals surface area (Å²) in [6.45, 7) is 1.89. The van der Waals surface area contributed by atoms with Crippen LogP contribution >= 0.6 is 0 Å². The number of nitrogens with zero attached hydrogens (tertiary/aromatic N) is 4. The van der Waals surface area contributed by atoms with Gasteiger partial charge in [0.1, 0.15) is 11.6 Å². The summed E-state index contributed by atoms with van der Waals surface area (Å²) >= 11 is 0. The van der Waals surface area contributed by atoms with Gasteiger partial charge in [-0.05, 0) is 43.5 Å². The minimum atomic E-state index is -0.770. The highest BCUT2D eigenvalue weighted by Crippen LogP contribution is 2.35. The summed E-state index contributed by atoms with van der Waals surface area (Å²) in [7, 11) is 5.76. The Bertz CT molecular complexity index is 1180. The van der Waals surface area contributed by atoms with Crippen molar-refractivity contribution in [2.75, 3.05) is 29.6 Å². The van der Waals surface area contributed by atoms with Gasteiger partial charge in [0, 0.05) is 44.3 Å². The molecule has 1 saturated carbocycles. The number of hydrogen-bond acceptors (Lipinski definition) is 7. The van der Waals surface area contributed by atoms with Crippen molar-refractivity contribution in [3.05, 3.63) is 35.6 Å². The van der Waals surface area contributed by atoms with Gasteiger partial charge >= 0.3 is 0 Å². The molecule has 9 nitrogen and oxygen atoms in total. The highest BCUT2D eigenvalue weighted by molar-refractivity contribution is 5.99. The van der Waals surface area contributed by atoms with Gasteiger partial charge < -0.3 is 27.0 Å². The maximum atomic E-state index is 14.8. The quantitative estimate of drug-likeness (QED) is 0.391. The van der Waals surface area contributed by atoms with E-state index in [1.54, 1.807) is 4.68 Å². The average Bonchev–Trinajstić information content (AvgIpc) is 3.48. The van der Waals surface area contributed by atoms with E-state index in [4.69, 9.17) is 11.5 Å². The standard InChI is InChI=1S/C23H31FN8O/c1-12(25)19(9-13-5-6-13)28-22-17(24)11-16(20(26)33)21(29-22)27-14-7-8-18-15(10-14)23(31(2)3)32(4)30-18/h7-8,10-13,19H,5-6,9,25H2,1-4H3,(H2,26,33)(H2,27,28,29)/t12-,19+/m0/s1. The van der Waals surface area contributed by atoms with E-state index in [1.165, 1.54) is 12.8 Å². The first-order chi connectivity index (χ1) is 15.6. The van der Waals surface area contributed by atoms with Crippen molar-refractivity contribution in [3.8, 4) is 0 Å². The molecule has 1 aromatic carbocycles. The van der Waals surface area contributed by atoms with E-state index < -0.39 is 11.7 Å². The fourth-order valence-corrected chi connectivity index (χ4v) is 4.10. The fraction of sp³-hybridized carbons (Fsp3) is 0.435. The third kappa shape index (κ3) is 4.85. The molecule has 176 valence electrons. The number of nitrogens with one attached hydrogen (secondary N) is 2. The summed E-state index contributed by atoms with van der Waals surface area (Å²) in [5, 5.41) is 11.7. The molecule has 0 aliphatic heterocycles. The van der Waals surface area contributed by atoms with Crippen LogP contribution in [0.25, 0.3) is 10.9 Å². The smallest absolute Gasteiger partial charge is 0.252 e. The third-order valence-electron chi connectivity index (χ3n) is 5.97. The SMILES string of the molecule is C[C@H](N)[C@@H](CC1CC1)Nc1nc(Nc2ccc3nn(C)c(N(C)C)c3c2)c(C(N)=O)cc1F. The maximum Gasteiger partial charge on any atom is 0.252 e. The molecule has 2 atom stereocenters. The van der Waals surface area contributed by atoms with E-state index >= 15 is 0 Å². The number of hydrogen-bond donors (Lipinski definition) is 4. The Kier molecular flexibility index (Phi) is 6.11. The number of pyridine rings is 1. The van der Waals surface area contributed by atoms with Gasteiger partial charge in [-0.25, -0.2) is 9.37 Å². The van der Waals surface area contributed by atoms with Crippen LogP contribution in [0.5, 0.6) is 0 Å².